The van der Waals surface area contributed by atoms with Crippen molar-refractivity contribution < 1.29 is 19.1 Å². The molecule has 2 amide bonds. The summed E-state index contributed by atoms with van der Waals surface area (Å²) in [6.07, 6.45) is -1.16. The number of ether oxygens (including phenoxy) is 2. The monoisotopic (exact) mass is 400 g/mol. The standard InChI is InChI=1S/C17H25BrN2O4/c1-11-6-7-14(13(18)10-11)23-12(2)15(21)19-8-9-20-16(22)24-17(3,4)5/h6-7,10,12H,8-9H2,1-5H3,(H,19,21)(H,20,22). The predicted molar refractivity (Wildman–Crippen MR) is 96.2 cm³/mol. The summed E-state index contributed by atoms with van der Waals surface area (Å²) >= 11 is 3.41. The van der Waals surface area contributed by atoms with Gasteiger partial charge in [0.05, 0.1) is 4.47 Å². The smallest absolute Gasteiger partial charge is 0.407 e. The molecule has 24 heavy (non-hydrogen) atoms. The Morgan fingerprint density at radius 1 is 1.21 bits per heavy atom. The van der Waals surface area contributed by atoms with Gasteiger partial charge < -0.3 is 20.1 Å². The van der Waals surface area contributed by atoms with Crippen molar-refractivity contribution in [1.29, 1.82) is 0 Å². The van der Waals surface area contributed by atoms with Gasteiger partial charge in [0.1, 0.15) is 11.4 Å². The number of hydrogen-bond donors (Lipinski definition) is 2. The lowest BCUT2D eigenvalue weighted by atomic mass is 10.2. The molecule has 0 aliphatic rings. The normalized spacial score (nSPS) is 12.2. The van der Waals surface area contributed by atoms with E-state index in [1.54, 1.807) is 27.7 Å². The van der Waals surface area contributed by atoms with E-state index in [0.717, 1.165) is 10.0 Å². The number of alkyl carbamates (subject to hydrolysis) is 1. The van der Waals surface area contributed by atoms with Crippen LogP contribution in [-0.4, -0.2) is 36.8 Å². The van der Waals surface area contributed by atoms with Crippen LogP contribution in [0.25, 0.3) is 0 Å². The van der Waals surface area contributed by atoms with Crippen molar-refractivity contribution in [1.82, 2.24) is 10.6 Å². The Kier molecular flexibility index (Phi) is 7.54. The third-order valence-electron chi connectivity index (χ3n) is 2.85. The van der Waals surface area contributed by atoms with Crippen molar-refractivity contribution in [3.63, 3.8) is 0 Å². The molecule has 134 valence electrons. The maximum absolute atomic E-state index is 12.0. The van der Waals surface area contributed by atoms with E-state index < -0.39 is 17.8 Å². The van der Waals surface area contributed by atoms with E-state index in [1.807, 2.05) is 25.1 Å². The van der Waals surface area contributed by atoms with Crippen molar-refractivity contribution in [2.75, 3.05) is 13.1 Å². The van der Waals surface area contributed by atoms with E-state index in [-0.39, 0.29) is 12.5 Å². The number of aryl methyl sites for hydroxylation is 1. The molecular formula is C17H25BrN2O4. The van der Waals surface area contributed by atoms with Crippen LogP contribution in [0.5, 0.6) is 5.75 Å². The lowest BCUT2D eigenvalue weighted by Crippen LogP contribution is -2.41. The van der Waals surface area contributed by atoms with Crippen LogP contribution < -0.4 is 15.4 Å². The molecule has 1 atom stereocenters. The summed E-state index contributed by atoms with van der Waals surface area (Å²) in [6, 6.07) is 5.65. The van der Waals surface area contributed by atoms with Crippen LogP contribution in [0.4, 0.5) is 4.79 Å². The summed E-state index contributed by atoms with van der Waals surface area (Å²) < 4.78 is 11.5. The van der Waals surface area contributed by atoms with E-state index in [2.05, 4.69) is 26.6 Å². The molecule has 0 aliphatic carbocycles. The highest BCUT2D eigenvalue weighted by molar-refractivity contribution is 9.10. The highest BCUT2D eigenvalue weighted by atomic mass is 79.9. The summed E-state index contributed by atoms with van der Waals surface area (Å²) in [6.45, 7) is 9.58. The first-order chi connectivity index (χ1) is 11.1. The topological polar surface area (TPSA) is 76.7 Å². The lowest BCUT2D eigenvalue weighted by Gasteiger charge is -2.20. The first-order valence-electron chi connectivity index (χ1n) is 7.76. The maximum Gasteiger partial charge on any atom is 0.407 e. The van der Waals surface area contributed by atoms with Crippen molar-refractivity contribution in [3.05, 3.63) is 28.2 Å². The minimum Gasteiger partial charge on any atom is -0.480 e. The molecular weight excluding hydrogens is 376 g/mol. The fourth-order valence-corrected chi connectivity index (χ4v) is 2.34. The molecule has 6 nitrogen and oxygen atoms in total. The zero-order valence-corrected chi connectivity index (χ0v) is 16.3. The second kappa shape index (κ2) is 8.92. The quantitative estimate of drug-likeness (QED) is 0.718. The van der Waals surface area contributed by atoms with Gasteiger partial charge in [0.2, 0.25) is 0 Å². The van der Waals surface area contributed by atoms with Crippen LogP contribution in [0.2, 0.25) is 0 Å². The molecule has 0 saturated heterocycles. The fraction of sp³-hybridized carbons (Fsp3) is 0.529. The number of amides is 2. The van der Waals surface area contributed by atoms with Gasteiger partial charge in [-0.1, -0.05) is 6.07 Å². The first kappa shape index (κ1) is 20.3. The second-order valence-electron chi connectivity index (χ2n) is 6.41. The van der Waals surface area contributed by atoms with Gasteiger partial charge in [-0.3, -0.25) is 4.79 Å². The van der Waals surface area contributed by atoms with E-state index in [1.165, 1.54) is 0 Å². The molecule has 0 spiro atoms. The van der Waals surface area contributed by atoms with Gasteiger partial charge in [-0.2, -0.15) is 0 Å². The second-order valence-corrected chi connectivity index (χ2v) is 7.27. The maximum atomic E-state index is 12.0. The number of carbonyl (C=O) groups excluding carboxylic acids is 2. The van der Waals surface area contributed by atoms with Crippen LogP contribution >= 0.6 is 15.9 Å². The predicted octanol–water partition coefficient (Wildman–Crippen LogP) is 3.17. The van der Waals surface area contributed by atoms with Crippen LogP contribution in [0, 0.1) is 6.92 Å². The van der Waals surface area contributed by atoms with Gasteiger partial charge in [-0.25, -0.2) is 4.79 Å². The summed E-state index contributed by atoms with van der Waals surface area (Å²) in [5.74, 6) is 0.351. The number of nitrogens with one attached hydrogen (secondary N) is 2. The number of rotatable bonds is 6. The molecule has 0 heterocycles. The van der Waals surface area contributed by atoms with Gasteiger partial charge in [0, 0.05) is 13.1 Å². The largest absolute Gasteiger partial charge is 0.480 e. The molecule has 1 aromatic carbocycles. The van der Waals surface area contributed by atoms with Gasteiger partial charge in [-0.05, 0) is 68.2 Å². The minimum absolute atomic E-state index is 0.256. The Balaban J connectivity index is 2.33. The Bertz CT molecular complexity index is 584. The molecule has 0 aliphatic heterocycles. The highest BCUT2D eigenvalue weighted by Crippen LogP contribution is 2.26. The molecule has 1 rings (SSSR count). The van der Waals surface area contributed by atoms with E-state index in [0.29, 0.717) is 12.3 Å². The van der Waals surface area contributed by atoms with Crippen LogP contribution in [0.1, 0.15) is 33.3 Å². The lowest BCUT2D eigenvalue weighted by molar-refractivity contribution is -0.127. The molecule has 2 N–H and O–H groups in total. The number of halogens is 1. The number of hydrogen-bond acceptors (Lipinski definition) is 4. The molecule has 0 radical (unpaired) electrons. The SMILES string of the molecule is Cc1ccc(OC(C)C(=O)NCCNC(=O)OC(C)(C)C)c(Br)c1. The summed E-state index contributed by atoms with van der Waals surface area (Å²) in [5, 5.41) is 5.28. The number of carbonyl (C=O) groups is 2. The van der Waals surface area contributed by atoms with Crippen LogP contribution in [-0.2, 0) is 9.53 Å². The van der Waals surface area contributed by atoms with Gasteiger partial charge >= 0.3 is 6.09 Å². The first-order valence-corrected chi connectivity index (χ1v) is 8.55. The van der Waals surface area contributed by atoms with E-state index in [9.17, 15) is 9.59 Å². The molecule has 0 aromatic heterocycles. The molecule has 1 unspecified atom stereocenters. The summed E-state index contributed by atoms with van der Waals surface area (Å²) in [4.78, 5) is 23.5. The van der Waals surface area contributed by atoms with E-state index >= 15 is 0 Å². The van der Waals surface area contributed by atoms with Crippen molar-refractivity contribution in [2.45, 2.75) is 46.3 Å². The Labute approximate surface area is 151 Å². The van der Waals surface area contributed by atoms with Crippen LogP contribution in [0.15, 0.2) is 22.7 Å². The third kappa shape index (κ3) is 7.68. The average molecular weight is 401 g/mol. The molecule has 1 aromatic rings. The molecule has 7 heteroatoms. The number of benzene rings is 1. The third-order valence-corrected chi connectivity index (χ3v) is 3.47. The van der Waals surface area contributed by atoms with E-state index in [4.69, 9.17) is 9.47 Å². The minimum atomic E-state index is -0.648. The van der Waals surface area contributed by atoms with Gasteiger partial charge in [0.25, 0.3) is 5.91 Å². The van der Waals surface area contributed by atoms with Gasteiger partial charge in [-0.15, -0.1) is 0 Å². The van der Waals surface area contributed by atoms with Gasteiger partial charge in [0.15, 0.2) is 6.10 Å². The van der Waals surface area contributed by atoms with Crippen molar-refractivity contribution >= 4 is 27.9 Å². The zero-order valence-electron chi connectivity index (χ0n) is 14.7. The van der Waals surface area contributed by atoms with Crippen LogP contribution in [0.3, 0.4) is 0 Å². The van der Waals surface area contributed by atoms with Crippen molar-refractivity contribution in [2.24, 2.45) is 0 Å². The molecule has 0 bridgehead atoms. The van der Waals surface area contributed by atoms with Crippen molar-refractivity contribution in [3.8, 4) is 5.75 Å². The average Bonchev–Trinajstić information content (AvgIpc) is 2.44. The zero-order chi connectivity index (χ0) is 18.3. The highest BCUT2D eigenvalue weighted by Gasteiger charge is 2.17. The Hall–Kier alpha value is -1.76. The summed E-state index contributed by atoms with van der Waals surface area (Å²) in [7, 11) is 0. The summed E-state index contributed by atoms with van der Waals surface area (Å²) in [5.41, 5.74) is 0.552. The fourth-order valence-electron chi connectivity index (χ4n) is 1.75. The Morgan fingerprint density at radius 2 is 1.83 bits per heavy atom. The molecule has 0 saturated carbocycles. The Morgan fingerprint density at radius 3 is 2.42 bits per heavy atom. The molecule has 0 fully saturated rings.